The van der Waals surface area contributed by atoms with Gasteiger partial charge in [0.05, 0.1) is 30.6 Å². The van der Waals surface area contributed by atoms with Crippen molar-refractivity contribution >= 4 is 39.8 Å². The molecule has 11 heteroatoms. The highest BCUT2D eigenvalue weighted by Gasteiger charge is 2.20. The molecule has 10 nitrogen and oxygen atoms in total. The highest BCUT2D eigenvalue weighted by Crippen LogP contribution is 2.30. The molecule has 0 saturated carbocycles. The van der Waals surface area contributed by atoms with Crippen molar-refractivity contribution in [1.29, 1.82) is 5.41 Å². The highest BCUT2D eigenvalue weighted by molar-refractivity contribution is 6.16. The standard InChI is InChI=1S/C26H29FN8O2/c1-3-17(8-9-28)33-25-22(24(30)31-13-32-25)23(29)14-4-6-19(21(12-14)37-2)35-26(36)20-11-15-10-16(27)5-7-18(15)34-20/h4-7,10-13,17,29,34H,3,8-9,28H2,1-2H3,(H,35,36)(H3,30,31,32,33)/p+1. The molecule has 0 aliphatic rings. The molecule has 2 aromatic heterocycles. The van der Waals surface area contributed by atoms with Crippen LogP contribution in [-0.4, -0.2) is 46.3 Å². The second-order valence-electron chi connectivity index (χ2n) is 8.53. The van der Waals surface area contributed by atoms with E-state index >= 15 is 0 Å². The molecule has 0 radical (unpaired) electrons. The lowest BCUT2D eigenvalue weighted by Gasteiger charge is -2.19. The number of nitrogens with zero attached hydrogens (tertiary/aromatic N) is 2. The van der Waals surface area contributed by atoms with Crippen molar-refractivity contribution in [2.24, 2.45) is 0 Å². The molecule has 0 saturated heterocycles. The van der Waals surface area contributed by atoms with Gasteiger partial charge in [-0.25, -0.2) is 14.4 Å². The van der Waals surface area contributed by atoms with E-state index in [9.17, 15) is 9.18 Å². The van der Waals surface area contributed by atoms with Crippen LogP contribution < -0.4 is 26.8 Å². The number of halogens is 1. The van der Waals surface area contributed by atoms with Crippen molar-refractivity contribution in [1.82, 2.24) is 15.0 Å². The number of ether oxygens (including phenoxy) is 1. The zero-order chi connectivity index (χ0) is 26.5. The Morgan fingerprint density at radius 2 is 2.05 bits per heavy atom. The molecule has 1 atom stereocenters. The van der Waals surface area contributed by atoms with Crippen LogP contribution in [0, 0.1) is 11.2 Å². The molecule has 9 N–H and O–H groups in total. The molecule has 1 amide bonds. The maximum atomic E-state index is 13.5. The molecule has 2 heterocycles. The number of carbonyl (C=O) groups excluding carboxylic acids is 1. The first-order valence-corrected chi connectivity index (χ1v) is 11.9. The van der Waals surface area contributed by atoms with Crippen LogP contribution in [0.3, 0.4) is 0 Å². The number of benzene rings is 2. The van der Waals surface area contributed by atoms with Crippen LogP contribution in [0.1, 0.15) is 41.4 Å². The summed E-state index contributed by atoms with van der Waals surface area (Å²) in [4.78, 5) is 24.3. The molecule has 37 heavy (non-hydrogen) atoms. The van der Waals surface area contributed by atoms with Crippen LogP contribution in [0.25, 0.3) is 10.9 Å². The van der Waals surface area contributed by atoms with Gasteiger partial charge in [0.1, 0.15) is 35.2 Å². The second-order valence-corrected chi connectivity index (χ2v) is 8.53. The number of hydrogen-bond acceptors (Lipinski definition) is 7. The highest BCUT2D eigenvalue weighted by atomic mass is 19.1. The number of rotatable bonds is 10. The lowest BCUT2D eigenvalue weighted by molar-refractivity contribution is -0.368. The molecule has 0 spiro atoms. The SMILES string of the molecule is CCC(CC[NH3+])Nc1ncnc(N)c1C(=N)c1ccc(NC(=O)c2cc3cc(F)ccc3[nH]2)c(OC)c1. The maximum absolute atomic E-state index is 13.5. The Hall–Kier alpha value is -4.51. The number of methoxy groups -OCH3 is 1. The summed E-state index contributed by atoms with van der Waals surface area (Å²) >= 11 is 0. The first-order valence-electron chi connectivity index (χ1n) is 11.9. The smallest absolute Gasteiger partial charge is 0.272 e. The van der Waals surface area contributed by atoms with Crippen LogP contribution in [0.5, 0.6) is 5.75 Å². The number of carbonyl (C=O) groups is 1. The monoisotopic (exact) mass is 505 g/mol. The lowest BCUT2D eigenvalue weighted by atomic mass is 10.0. The number of fused-ring (bicyclic) bond motifs is 1. The third-order valence-electron chi connectivity index (χ3n) is 6.08. The molecule has 1 unspecified atom stereocenters. The minimum absolute atomic E-state index is 0.110. The zero-order valence-electron chi connectivity index (χ0n) is 20.7. The quantitative estimate of drug-likeness (QED) is 0.181. The maximum Gasteiger partial charge on any atom is 0.272 e. The topological polar surface area (TPSA) is 169 Å². The van der Waals surface area contributed by atoms with Crippen molar-refractivity contribution in [2.45, 2.75) is 25.8 Å². The number of nitrogen functional groups attached to an aromatic ring is 1. The molecule has 0 fully saturated rings. The van der Waals surface area contributed by atoms with Gasteiger partial charge < -0.3 is 31.8 Å². The summed E-state index contributed by atoms with van der Waals surface area (Å²) in [6.45, 7) is 2.83. The number of hydrogen-bond donors (Lipinski definition) is 6. The number of nitrogens with two attached hydrogens (primary N) is 1. The van der Waals surface area contributed by atoms with Crippen LogP contribution in [-0.2, 0) is 0 Å². The van der Waals surface area contributed by atoms with Gasteiger partial charge in [-0.05, 0) is 42.8 Å². The van der Waals surface area contributed by atoms with Gasteiger partial charge in [0.25, 0.3) is 5.91 Å². The number of nitrogens with one attached hydrogen (secondary N) is 4. The average Bonchev–Trinajstić information content (AvgIpc) is 3.32. The third kappa shape index (κ3) is 5.51. The predicted octanol–water partition coefficient (Wildman–Crippen LogP) is 3.18. The fourth-order valence-electron chi connectivity index (χ4n) is 4.08. The molecular formula is C26H30FN8O2+. The fraction of sp³-hybridized carbons (Fsp3) is 0.231. The fourth-order valence-corrected chi connectivity index (χ4v) is 4.08. The Balaban J connectivity index is 1.60. The minimum atomic E-state index is -0.416. The van der Waals surface area contributed by atoms with E-state index in [1.165, 1.54) is 25.6 Å². The summed E-state index contributed by atoms with van der Waals surface area (Å²) in [7, 11) is 1.47. The van der Waals surface area contributed by atoms with E-state index in [4.69, 9.17) is 15.9 Å². The van der Waals surface area contributed by atoms with Crippen molar-refractivity contribution in [3.8, 4) is 5.75 Å². The first kappa shape index (κ1) is 25.6. The van der Waals surface area contributed by atoms with E-state index in [0.29, 0.717) is 39.3 Å². The van der Waals surface area contributed by atoms with Crippen molar-refractivity contribution in [3.05, 3.63) is 71.4 Å². The molecule has 4 rings (SSSR count). The average molecular weight is 506 g/mol. The lowest BCUT2D eigenvalue weighted by Crippen LogP contribution is -2.51. The van der Waals surface area contributed by atoms with E-state index in [0.717, 1.165) is 19.4 Å². The van der Waals surface area contributed by atoms with Crippen molar-refractivity contribution in [2.75, 3.05) is 30.0 Å². The Morgan fingerprint density at radius 1 is 1.24 bits per heavy atom. The van der Waals surface area contributed by atoms with Gasteiger partial charge in [-0.1, -0.05) is 13.0 Å². The molecule has 0 bridgehead atoms. The molecule has 0 aliphatic heterocycles. The molecule has 0 aliphatic carbocycles. The Bertz CT molecular complexity index is 1450. The summed E-state index contributed by atoms with van der Waals surface area (Å²) in [6, 6.07) is 10.9. The van der Waals surface area contributed by atoms with Gasteiger partial charge >= 0.3 is 0 Å². The van der Waals surface area contributed by atoms with E-state index in [-0.39, 0.29) is 29.1 Å². The molecule has 2 aromatic carbocycles. The number of anilines is 3. The van der Waals surface area contributed by atoms with Crippen LogP contribution in [0.4, 0.5) is 21.7 Å². The minimum Gasteiger partial charge on any atom is -0.495 e. The summed E-state index contributed by atoms with van der Waals surface area (Å²) in [5, 5.41) is 15.6. The number of amides is 1. The Morgan fingerprint density at radius 3 is 2.78 bits per heavy atom. The van der Waals surface area contributed by atoms with Crippen LogP contribution >= 0.6 is 0 Å². The first-order chi connectivity index (χ1) is 17.8. The largest absolute Gasteiger partial charge is 0.495 e. The molecule has 192 valence electrons. The Labute approximate surface area is 213 Å². The van der Waals surface area contributed by atoms with E-state index in [2.05, 4.69) is 38.2 Å². The summed E-state index contributed by atoms with van der Waals surface area (Å²) in [5.74, 6) is 0.212. The van der Waals surface area contributed by atoms with Crippen LogP contribution in [0.2, 0.25) is 0 Å². The van der Waals surface area contributed by atoms with Gasteiger partial charge in [-0.15, -0.1) is 0 Å². The second kappa shape index (κ2) is 11.0. The number of quaternary nitrogens is 1. The summed E-state index contributed by atoms with van der Waals surface area (Å²) < 4.78 is 19.0. The van der Waals surface area contributed by atoms with E-state index in [1.54, 1.807) is 30.3 Å². The molecular weight excluding hydrogens is 475 g/mol. The van der Waals surface area contributed by atoms with E-state index in [1.807, 2.05) is 0 Å². The van der Waals surface area contributed by atoms with Crippen molar-refractivity contribution < 1.29 is 19.7 Å². The Kier molecular flexibility index (Phi) is 7.63. The summed E-state index contributed by atoms with van der Waals surface area (Å²) in [6.07, 6.45) is 3.07. The normalized spacial score (nSPS) is 11.8. The van der Waals surface area contributed by atoms with Gasteiger partial charge in [-0.2, -0.15) is 0 Å². The number of aromatic amines is 1. The number of aromatic nitrogens is 3. The number of H-pyrrole nitrogens is 1. The van der Waals surface area contributed by atoms with Gasteiger partial charge in [0.15, 0.2) is 0 Å². The zero-order valence-corrected chi connectivity index (χ0v) is 20.7. The van der Waals surface area contributed by atoms with Gasteiger partial charge in [-0.3, -0.25) is 10.2 Å². The third-order valence-corrected chi connectivity index (χ3v) is 6.08. The summed E-state index contributed by atoms with van der Waals surface area (Å²) in [5.41, 5.74) is 12.4. The van der Waals surface area contributed by atoms with Crippen molar-refractivity contribution in [3.63, 3.8) is 0 Å². The van der Waals surface area contributed by atoms with E-state index < -0.39 is 5.91 Å². The molecule has 4 aromatic rings. The van der Waals surface area contributed by atoms with Gasteiger partial charge in [0.2, 0.25) is 0 Å². The van der Waals surface area contributed by atoms with Gasteiger partial charge in [0, 0.05) is 28.9 Å². The van der Waals surface area contributed by atoms with Crippen LogP contribution in [0.15, 0.2) is 48.8 Å². The predicted molar refractivity (Wildman–Crippen MR) is 142 cm³/mol.